The molecule has 3 atom stereocenters. The molecule has 2 fully saturated rings. The second-order valence-electron chi connectivity index (χ2n) is 5.53. The molecule has 0 aromatic rings. The van der Waals surface area contributed by atoms with E-state index >= 15 is 0 Å². The lowest BCUT2D eigenvalue weighted by molar-refractivity contribution is 0.0120. The van der Waals surface area contributed by atoms with Crippen LogP contribution in [0.4, 0.5) is 0 Å². The summed E-state index contributed by atoms with van der Waals surface area (Å²) in [6.45, 7) is 2.87. The lowest BCUT2D eigenvalue weighted by atomic mass is 9.86. The Hall–Kier alpha value is -0.160. The molecular formula is C12H24N2O2. The fourth-order valence-electron chi connectivity index (χ4n) is 3.09. The topological polar surface area (TPSA) is 46.9 Å². The summed E-state index contributed by atoms with van der Waals surface area (Å²) in [6, 6.07) is 0.156. The quantitative estimate of drug-likeness (QED) is 0.684. The van der Waals surface area contributed by atoms with Crippen molar-refractivity contribution in [2.24, 2.45) is 5.92 Å². The lowest BCUT2D eigenvalue weighted by Crippen LogP contribution is -2.44. The Morgan fingerprint density at radius 3 is 2.31 bits per heavy atom. The molecule has 0 aromatic heterocycles. The van der Waals surface area contributed by atoms with Gasteiger partial charge in [-0.2, -0.15) is 0 Å². The van der Waals surface area contributed by atoms with E-state index in [-0.39, 0.29) is 18.2 Å². The molecule has 2 rings (SSSR count). The van der Waals surface area contributed by atoms with Crippen LogP contribution in [0.15, 0.2) is 0 Å². The van der Waals surface area contributed by atoms with Gasteiger partial charge in [-0.25, -0.2) is 0 Å². The van der Waals surface area contributed by atoms with Crippen molar-refractivity contribution in [1.82, 2.24) is 9.80 Å². The van der Waals surface area contributed by atoms with Crippen LogP contribution in [0.2, 0.25) is 0 Å². The van der Waals surface area contributed by atoms with E-state index in [1.54, 1.807) is 0 Å². The number of hydrogen-bond acceptors (Lipinski definition) is 4. The minimum atomic E-state index is -0.268. The summed E-state index contributed by atoms with van der Waals surface area (Å²) in [5, 5.41) is 20.0. The van der Waals surface area contributed by atoms with E-state index in [4.69, 9.17) is 0 Å². The van der Waals surface area contributed by atoms with Gasteiger partial charge in [0.2, 0.25) is 0 Å². The third kappa shape index (κ3) is 2.56. The van der Waals surface area contributed by atoms with Crippen LogP contribution >= 0.6 is 0 Å². The Morgan fingerprint density at radius 2 is 1.81 bits per heavy atom. The molecule has 2 aliphatic heterocycles. The molecule has 0 bridgehead atoms. The van der Waals surface area contributed by atoms with Crippen LogP contribution in [0.1, 0.15) is 19.3 Å². The SMILES string of the molecule is CN1CCC(C(O)[C@@H]2C[C@@H](O)CN2C)CC1. The van der Waals surface area contributed by atoms with E-state index in [2.05, 4.69) is 16.8 Å². The summed E-state index contributed by atoms with van der Waals surface area (Å²) in [5.41, 5.74) is 0. The molecule has 0 radical (unpaired) electrons. The number of aliphatic hydroxyl groups is 2. The van der Waals surface area contributed by atoms with Crippen molar-refractivity contribution in [3.05, 3.63) is 0 Å². The van der Waals surface area contributed by atoms with Crippen molar-refractivity contribution in [3.63, 3.8) is 0 Å². The van der Waals surface area contributed by atoms with Gasteiger partial charge in [-0.3, -0.25) is 4.90 Å². The maximum Gasteiger partial charge on any atom is 0.0725 e. The van der Waals surface area contributed by atoms with Crippen molar-refractivity contribution in [2.75, 3.05) is 33.7 Å². The van der Waals surface area contributed by atoms with E-state index < -0.39 is 0 Å². The monoisotopic (exact) mass is 228 g/mol. The molecule has 2 saturated heterocycles. The second-order valence-corrected chi connectivity index (χ2v) is 5.53. The Bertz CT molecular complexity index is 229. The molecule has 4 nitrogen and oxygen atoms in total. The Morgan fingerprint density at radius 1 is 1.19 bits per heavy atom. The minimum Gasteiger partial charge on any atom is -0.392 e. The van der Waals surface area contributed by atoms with Gasteiger partial charge in [0.05, 0.1) is 12.2 Å². The number of piperidine rings is 1. The van der Waals surface area contributed by atoms with Crippen LogP contribution in [-0.4, -0.2) is 72.0 Å². The summed E-state index contributed by atoms with van der Waals surface area (Å²) in [6.07, 6.45) is 2.37. The smallest absolute Gasteiger partial charge is 0.0725 e. The first-order chi connectivity index (χ1) is 7.58. The van der Waals surface area contributed by atoms with Crippen molar-refractivity contribution in [1.29, 1.82) is 0 Å². The minimum absolute atomic E-state index is 0.156. The average Bonchev–Trinajstić information content (AvgIpc) is 2.58. The Labute approximate surface area is 97.9 Å². The van der Waals surface area contributed by atoms with Crippen LogP contribution in [0.25, 0.3) is 0 Å². The highest BCUT2D eigenvalue weighted by atomic mass is 16.3. The standard InChI is InChI=1S/C12H24N2O2/c1-13-5-3-9(4-6-13)12(16)11-7-10(15)8-14(11)2/h9-12,15-16H,3-8H2,1-2H3/t10-,11+,12?/m1/s1. The molecule has 0 spiro atoms. The van der Waals surface area contributed by atoms with Gasteiger partial charge in [-0.1, -0.05) is 0 Å². The second kappa shape index (κ2) is 5.00. The number of β-amino-alcohol motifs (C(OH)–C–C–N with tert-alkyl or cyclic N) is 1. The first-order valence-corrected chi connectivity index (χ1v) is 6.33. The van der Waals surface area contributed by atoms with E-state index in [1.807, 2.05) is 7.05 Å². The zero-order valence-electron chi connectivity index (χ0n) is 10.3. The van der Waals surface area contributed by atoms with Gasteiger partial charge in [-0.15, -0.1) is 0 Å². The van der Waals surface area contributed by atoms with Gasteiger partial charge in [0.15, 0.2) is 0 Å². The number of aliphatic hydroxyl groups excluding tert-OH is 2. The predicted molar refractivity (Wildman–Crippen MR) is 63.3 cm³/mol. The highest BCUT2D eigenvalue weighted by molar-refractivity contribution is 4.92. The normalized spacial score (nSPS) is 36.8. The van der Waals surface area contributed by atoms with Crippen molar-refractivity contribution in [3.8, 4) is 0 Å². The highest BCUT2D eigenvalue weighted by Crippen LogP contribution is 2.28. The van der Waals surface area contributed by atoms with E-state index in [9.17, 15) is 10.2 Å². The largest absolute Gasteiger partial charge is 0.392 e. The molecule has 0 saturated carbocycles. The summed E-state index contributed by atoms with van der Waals surface area (Å²) < 4.78 is 0. The fourth-order valence-corrected chi connectivity index (χ4v) is 3.09. The fraction of sp³-hybridized carbons (Fsp3) is 1.00. The molecule has 2 aliphatic rings. The molecule has 2 heterocycles. The Balaban J connectivity index is 1.89. The van der Waals surface area contributed by atoms with Gasteiger partial charge in [0.25, 0.3) is 0 Å². The van der Waals surface area contributed by atoms with Crippen LogP contribution < -0.4 is 0 Å². The first kappa shape index (κ1) is 12.3. The average molecular weight is 228 g/mol. The van der Waals surface area contributed by atoms with Gasteiger partial charge < -0.3 is 15.1 Å². The lowest BCUT2D eigenvalue weighted by Gasteiger charge is -2.36. The van der Waals surface area contributed by atoms with Gasteiger partial charge in [0, 0.05) is 12.6 Å². The maximum atomic E-state index is 10.4. The van der Waals surface area contributed by atoms with Crippen LogP contribution in [0.3, 0.4) is 0 Å². The molecule has 4 heteroatoms. The zero-order chi connectivity index (χ0) is 11.7. The number of nitrogens with zero attached hydrogens (tertiary/aromatic N) is 2. The Kier molecular flexibility index (Phi) is 3.85. The first-order valence-electron chi connectivity index (χ1n) is 6.33. The van der Waals surface area contributed by atoms with E-state index in [0.717, 1.165) is 32.4 Å². The molecular weight excluding hydrogens is 204 g/mol. The molecule has 0 aromatic carbocycles. The number of hydrogen-bond donors (Lipinski definition) is 2. The summed E-state index contributed by atoms with van der Waals surface area (Å²) in [7, 11) is 4.13. The summed E-state index contributed by atoms with van der Waals surface area (Å²) in [4.78, 5) is 4.42. The molecule has 1 unspecified atom stereocenters. The van der Waals surface area contributed by atoms with Gasteiger partial charge >= 0.3 is 0 Å². The molecule has 94 valence electrons. The molecule has 0 amide bonds. The third-order valence-corrected chi connectivity index (χ3v) is 4.22. The molecule has 0 aliphatic carbocycles. The van der Waals surface area contributed by atoms with Gasteiger partial charge in [0.1, 0.15) is 0 Å². The van der Waals surface area contributed by atoms with E-state index in [1.165, 1.54) is 0 Å². The number of likely N-dealkylation sites (tertiary alicyclic amines) is 2. The predicted octanol–water partition coefficient (Wildman–Crippen LogP) is -0.246. The van der Waals surface area contributed by atoms with Gasteiger partial charge in [-0.05, 0) is 52.4 Å². The highest BCUT2D eigenvalue weighted by Gasteiger charge is 2.37. The van der Waals surface area contributed by atoms with Crippen molar-refractivity contribution in [2.45, 2.75) is 37.5 Å². The maximum absolute atomic E-state index is 10.4. The summed E-state index contributed by atoms with van der Waals surface area (Å²) in [5.74, 6) is 0.411. The van der Waals surface area contributed by atoms with E-state index in [0.29, 0.717) is 12.5 Å². The summed E-state index contributed by atoms with van der Waals surface area (Å²) >= 11 is 0. The van der Waals surface area contributed by atoms with Crippen LogP contribution in [-0.2, 0) is 0 Å². The van der Waals surface area contributed by atoms with Crippen molar-refractivity contribution >= 4 is 0 Å². The third-order valence-electron chi connectivity index (χ3n) is 4.22. The zero-order valence-corrected chi connectivity index (χ0v) is 10.3. The molecule has 2 N–H and O–H groups in total. The number of likely N-dealkylation sites (N-methyl/N-ethyl adjacent to an activating group) is 1. The van der Waals surface area contributed by atoms with Crippen molar-refractivity contribution < 1.29 is 10.2 Å². The van der Waals surface area contributed by atoms with Crippen LogP contribution in [0.5, 0.6) is 0 Å². The number of rotatable bonds is 2. The molecule has 16 heavy (non-hydrogen) atoms. The van der Waals surface area contributed by atoms with Crippen LogP contribution in [0, 0.1) is 5.92 Å².